The lowest BCUT2D eigenvalue weighted by atomic mass is 10.0. The third-order valence-corrected chi connectivity index (χ3v) is 8.63. The fourth-order valence-electron chi connectivity index (χ4n) is 5.55. The molecule has 5 nitrogen and oxygen atoms in total. The molecule has 0 aliphatic heterocycles. The van der Waals surface area contributed by atoms with Crippen LogP contribution >= 0.6 is 0 Å². The lowest BCUT2D eigenvalue weighted by molar-refractivity contribution is -0.161. The van der Waals surface area contributed by atoms with Gasteiger partial charge in [-0.3, -0.25) is 9.59 Å². The van der Waals surface area contributed by atoms with Gasteiger partial charge in [-0.15, -0.1) is 0 Å². The zero-order valence-electron chi connectivity index (χ0n) is 31.5. The minimum Gasteiger partial charge on any atom is -0.462 e. The number of aliphatic hydroxyl groups excluding tert-OH is 1. The number of hydrogen-bond acceptors (Lipinski definition) is 5. The second-order valence-corrected chi connectivity index (χ2v) is 13.4. The second-order valence-electron chi connectivity index (χ2n) is 13.4. The van der Waals surface area contributed by atoms with Crippen LogP contribution in [0.25, 0.3) is 0 Å². The highest BCUT2D eigenvalue weighted by Crippen LogP contribution is 2.14. The molecule has 1 atom stereocenters. The van der Waals surface area contributed by atoms with Crippen LogP contribution in [0.3, 0.4) is 0 Å². The topological polar surface area (TPSA) is 72.8 Å². The van der Waals surface area contributed by atoms with Crippen molar-refractivity contribution in [3.05, 3.63) is 48.6 Å². The third-order valence-electron chi connectivity index (χ3n) is 8.63. The van der Waals surface area contributed by atoms with Gasteiger partial charge in [0.25, 0.3) is 0 Å². The summed E-state index contributed by atoms with van der Waals surface area (Å²) in [6, 6.07) is 0. The Morgan fingerprint density at radius 1 is 0.479 bits per heavy atom. The van der Waals surface area contributed by atoms with E-state index in [4.69, 9.17) is 9.47 Å². The van der Waals surface area contributed by atoms with Gasteiger partial charge in [-0.2, -0.15) is 0 Å². The van der Waals surface area contributed by atoms with Crippen LogP contribution in [0.2, 0.25) is 0 Å². The standard InChI is InChI=1S/C43H76O5/c1-3-5-7-9-11-13-15-17-19-21-23-25-27-29-31-33-35-37-42(45)47-40-41(39-44)48-43(46)38-36-34-32-30-28-26-24-22-20-18-16-14-12-10-8-6-4-2/h12,14,18,20,24,26,30,32,41,44H,3-11,13,15-17,19,21-23,25,27-29,31,33-40H2,1-2H3/t41-/m0/s1. The first kappa shape index (κ1) is 45.9. The predicted octanol–water partition coefficient (Wildman–Crippen LogP) is 12.6. The molecule has 0 spiro atoms. The highest BCUT2D eigenvalue weighted by molar-refractivity contribution is 5.70. The summed E-state index contributed by atoms with van der Waals surface area (Å²) in [6.45, 7) is 4.07. The van der Waals surface area contributed by atoms with Crippen LogP contribution < -0.4 is 0 Å². The van der Waals surface area contributed by atoms with Crippen molar-refractivity contribution in [1.29, 1.82) is 0 Å². The molecule has 1 N–H and O–H groups in total. The van der Waals surface area contributed by atoms with Gasteiger partial charge in [-0.1, -0.05) is 178 Å². The van der Waals surface area contributed by atoms with Crippen LogP contribution in [0, 0.1) is 0 Å². The minimum absolute atomic E-state index is 0.0861. The van der Waals surface area contributed by atoms with Crippen molar-refractivity contribution in [3.63, 3.8) is 0 Å². The summed E-state index contributed by atoms with van der Waals surface area (Å²) in [5.74, 6) is -0.653. The summed E-state index contributed by atoms with van der Waals surface area (Å²) in [4.78, 5) is 24.2. The first-order valence-corrected chi connectivity index (χ1v) is 20.2. The van der Waals surface area contributed by atoms with E-state index in [-0.39, 0.29) is 31.6 Å². The van der Waals surface area contributed by atoms with Crippen LogP contribution in [0.5, 0.6) is 0 Å². The number of allylic oxidation sites excluding steroid dienone is 8. The second kappa shape index (κ2) is 39.3. The van der Waals surface area contributed by atoms with Crippen LogP contribution in [-0.4, -0.2) is 36.4 Å². The van der Waals surface area contributed by atoms with Crippen molar-refractivity contribution in [2.45, 2.75) is 200 Å². The summed E-state index contributed by atoms with van der Waals surface area (Å²) in [6.07, 6.45) is 48.9. The van der Waals surface area contributed by atoms with Gasteiger partial charge in [0.05, 0.1) is 6.61 Å². The van der Waals surface area contributed by atoms with E-state index < -0.39 is 6.10 Å². The number of carbonyl (C=O) groups excluding carboxylic acids is 2. The van der Waals surface area contributed by atoms with Gasteiger partial charge in [-0.05, 0) is 51.4 Å². The maximum atomic E-state index is 12.1. The number of unbranched alkanes of at least 4 members (excludes halogenated alkanes) is 20. The highest BCUT2D eigenvalue weighted by atomic mass is 16.6. The highest BCUT2D eigenvalue weighted by Gasteiger charge is 2.15. The summed E-state index contributed by atoms with van der Waals surface area (Å²) >= 11 is 0. The van der Waals surface area contributed by atoms with Gasteiger partial charge in [0.2, 0.25) is 0 Å². The molecule has 278 valence electrons. The van der Waals surface area contributed by atoms with Gasteiger partial charge < -0.3 is 14.6 Å². The minimum atomic E-state index is -0.798. The van der Waals surface area contributed by atoms with E-state index in [9.17, 15) is 14.7 Å². The lowest BCUT2D eigenvalue weighted by Gasteiger charge is -2.15. The molecule has 0 aliphatic carbocycles. The summed E-state index contributed by atoms with van der Waals surface area (Å²) in [5.41, 5.74) is 0. The lowest BCUT2D eigenvalue weighted by Crippen LogP contribution is -2.28. The van der Waals surface area contributed by atoms with Crippen LogP contribution in [0.1, 0.15) is 194 Å². The van der Waals surface area contributed by atoms with Crippen molar-refractivity contribution >= 4 is 11.9 Å². The van der Waals surface area contributed by atoms with Gasteiger partial charge in [0.1, 0.15) is 6.61 Å². The van der Waals surface area contributed by atoms with Crippen LogP contribution in [0.4, 0.5) is 0 Å². The van der Waals surface area contributed by atoms with E-state index in [1.54, 1.807) is 0 Å². The number of carbonyl (C=O) groups is 2. The maximum absolute atomic E-state index is 12.1. The number of aliphatic hydroxyl groups is 1. The summed E-state index contributed by atoms with van der Waals surface area (Å²) in [5, 5.41) is 9.55. The first-order chi connectivity index (χ1) is 23.6. The Morgan fingerprint density at radius 2 is 0.854 bits per heavy atom. The molecule has 0 amide bonds. The molecule has 0 saturated heterocycles. The molecule has 0 bridgehead atoms. The largest absolute Gasteiger partial charge is 0.462 e. The van der Waals surface area contributed by atoms with Crippen molar-refractivity contribution in [1.82, 2.24) is 0 Å². The van der Waals surface area contributed by atoms with Crippen LogP contribution in [-0.2, 0) is 19.1 Å². The van der Waals surface area contributed by atoms with E-state index in [1.807, 2.05) is 0 Å². The van der Waals surface area contributed by atoms with Crippen LogP contribution in [0.15, 0.2) is 48.6 Å². The molecule has 48 heavy (non-hydrogen) atoms. The molecular weight excluding hydrogens is 596 g/mol. The van der Waals surface area contributed by atoms with Gasteiger partial charge in [-0.25, -0.2) is 0 Å². The third kappa shape index (κ3) is 36.7. The molecule has 0 saturated carbocycles. The van der Waals surface area contributed by atoms with E-state index in [1.165, 1.54) is 116 Å². The van der Waals surface area contributed by atoms with Crippen molar-refractivity contribution in [2.24, 2.45) is 0 Å². The number of esters is 2. The SMILES string of the molecule is CCCCCC=CCC=CCC=CCC=CCCCC(=O)O[C@@H](CO)COC(=O)CCCCCCCCCCCCCCCCCCC. The molecule has 0 rings (SSSR count). The Balaban J connectivity index is 3.63. The molecule has 0 aliphatic rings. The molecule has 0 radical (unpaired) electrons. The average Bonchev–Trinajstić information content (AvgIpc) is 3.09. The van der Waals surface area contributed by atoms with Crippen molar-refractivity contribution in [3.8, 4) is 0 Å². The summed E-state index contributed by atoms with van der Waals surface area (Å²) in [7, 11) is 0. The Hall–Kier alpha value is -2.14. The smallest absolute Gasteiger partial charge is 0.306 e. The Morgan fingerprint density at radius 3 is 1.31 bits per heavy atom. The Kier molecular flexibility index (Phi) is 37.5. The fraction of sp³-hybridized carbons (Fsp3) is 0.767. The van der Waals surface area contributed by atoms with Gasteiger partial charge in [0.15, 0.2) is 6.10 Å². The van der Waals surface area contributed by atoms with Crippen molar-refractivity contribution < 1.29 is 24.2 Å². The van der Waals surface area contributed by atoms with Gasteiger partial charge >= 0.3 is 11.9 Å². The normalized spacial score (nSPS) is 12.6. The van der Waals surface area contributed by atoms with E-state index in [0.717, 1.165) is 44.9 Å². The molecule has 0 fully saturated rings. The maximum Gasteiger partial charge on any atom is 0.306 e. The predicted molar refractivity (Wildman–Crippen MR) is 205 cm³/mol. The molecule has 0 aromatic carbocycles. The molecular formula is C43H76O5. The number of rotatable bonds is 36. The van der Waals surface area contributed by atoms with E-state index in [0.29, 0.717) is 12.8 Å². The monoisotopic (exact) mass is 673 g/mol. The fourth-order valence-corrected chi connectivity index (χ4v) is 5.55. The number of ether oxygens (including phenoxy) is 2. The van der Waals surface area contributed by atoms with Gasteiger partial charge in [0, 0.05) is 12.8 Å². The number of hydrogen-bond donors (Lipinski definition) is 1. The Labute approximate surface area is 297 Å². The zero-order chi connectivity index (χ0) is 35.0. The quantitative estimate of drug-likeness (QED) is 0.0407. The molecule has 0 heterocycles. The van der Waals surface area contributed by atoms with E-state index in [2.05, 4.69) is 62.5 Å². The molecule has 0 unspecified atom stereocenters. The first-order valence-electron chi connectivity index (χ1n) is 20.2. The summed E-state index contributed by atoms with van der Waals surface area (Å²) < 4.78 is 10.6. The molecule has 5 heteroatoms. The zero-order valence-corrected chi connectivity index (χ0v) is 31.5. The average molecular weight is 673 g/mol. The van der Waals surface area contributed by atoms with Crippen molar-refractivity contribution in [2.75, 3.05) is 13.2 Å². The van der Waals surface area contributed by atoms with E-state index >= 15 is 0 Å². The Bertz CT molecular complexity index is 812. The molecule has 0 aromatic rings. The molecule has 0 aromatic heterocycles.